The molecule has 0 N–H and O–H groups in total. The van der Waals surface area contributed by atoms with Gasteiger partial charge in [0, 0.05) is 18.1 Å². The minimum absolute atomic E-state index is 0.470. The molecule has 1 aliphatic rings. The van der Waals surface area contributed by atoms with E-state index < -0.39 is 0 Å². The highest BCUT2D eigenvalue weighted by Crippen LogP contribution is 2.35. The summed E-state index contributed by atoms with van der Waals surface area (Å²) in [7, 11) is 0. The molecule has 1 aliphatic heterocycles. The lowest BCUT2D eigenvalue weighted by Gasteiger charge is -2.11. The maximum absolute atomic E-state index is 6.30. The number of aryl methyl sites for hydroxylation is 2. The Morgan fingerprint density at radius 1 is 1.12 bits per heavy atom. The maximum atomic E-state index is 6.30. The van der Waals surface area contributed by atoms with Gasteiger partial charge in [0.15, 0.2) is 5.75 Å². The summed E-state index contributed by atoms with van der Waals surface area (Å²) in [5.74, 6) is 2.02. The summed E-state index contributed by atoms with van der Waals surface area (Å²) in [4.78, 5) is 4.26. The van der Waals surface area contributed by atoms with E-state index in [-0.39, 0.29) is 0 Å². The van der Waals surface area contributed by atoms with Gasteiger partial charge in [0.2, 0.25) is 5.90 Å². The second-order valence-corrected chi connectivity index (χ2v) is 6.71. The lowest BCUT2D eigenvalue weighted by molar-refractivity contribution is 0.303. The van der Waals surface area contributed by atoms with Crippen LogP contribution in [-0.4, -0.2) is 30.8 Å². The number of halogens is 2. The van der Waals surface area contributed by atoms with Crippen LogP contribution in [-0.2, 0) is 11.2 Å². The molecule has 1 aromatic heterocycles. The number of aliphatic imine (C=N–C) groups is 1. The predicted molar refractivity (Wildman–Crippen MR) is 98.1 cm³/mol. The van der Waals surface area contributed by atoms with Crippen molar-refractivity contribution in [2.24, 2.45) is 4.99 Å². The molecule has 5 nitrogen and oxygen atoms in total. The smallest absolute Gasteiger partial charge is 0.216 e. The molecule has 0 radical (unpaired) electrons. The van der Waals surface area contributed by atoms with Crippen molar-refractivity contribution in [2.45, 2.75) is 32.6 Å². The van der Waals surface area contributed by atoms with Crippen molar-refractivity contribution in [2.75, 3.05) is 19.8 Å². The van der Waals surface area contributed by atoms with Gasteiger partial charge in [-0.25, -0.2) is 4.99 Å². The summed E-state index contributed by atoms with van der Waals surface area (Å²) in [6.45, 7) is 3.74. The Labute approximate surface area is 156 Å². The van der Waals surface area contributed by atoms with Crippen LogP contribution in [0.5, 0.6) is 5.75 Å². The van der Waals surface area contributed by atoms with Crippen LogP contribution in [0, 0.1) is 6.92 Å². The molecule has 0 saturated carbocycles. The summed E-state index contributed by atoms with van der Waals surface area (Å²) < 4.78 is 16.4. The molecule has 3 rings (SSSR count). The van der Waals surface area contributed by atoms with E-state index in [1.54, 1.807) is 12.1 Å². The molecule has 25 heavy (non-hydrogen) atoms. The quantitative estimate of drug-likeness (QED) is 0.611. The summed E-state index contributed by atoms with van der Waals surface area (Å²) in [6, 6.07) is 5.52. The molecule has 0 saturated heterocycles. The maximum Gasteiger partial charge on any atom is 0.216 e. The first-order chi connectivity index (χ1) is 12.1. The van der Waals surface area contributed by atoms with Crippen LogP contribution in [0.2, 0.25) is 10.0 Å². The van der Waals surface area contributed by atoms with Gasteiger partial charge in [-0.05, 0) is 38.3 Å². The minimum Gasteiger partial charge on any atom is -0.490 e. The fraction of sp³-hybridized carbons (Fsp3) is 0.444. The number of aromatic nitrogens is 1. The Hall–Kier alpha value is -1.72. The zero-order valence-electron chi connectivity index (χ0n) is 14.1. The Morgan fingerprint density at radius 2 is 1.92 bits per heavy atom. The van der Waals surface area contributed by atoms with E-state index >= 15 is 0 Å². The molecule has 1 aromatic carbocycles. The fourth-order valence-electron chi connectivity index (χ4n) is 2.62. The van der Waals surface area contributed by atoms with Crippen LogP contribution in [0.15, 0.2) is 27.7 Å². The van der Waals surface area contributed by atoms with Crippen molar-refractivity contribution in [3.8, 4) is 5.75 Å². The molecule has 2 aromatic rings. The van der Waals surface area contributed by atoms with Crippen molar-refractivity contribution in [1.82, 2.24) is 5.16 Å². The Bertz CT molecular complexity index is 736. The topological polar surface area (TPSA) is 56.9 Å². The van der Waals surface area contributed by atoms with E-state index in [1.165, 1.54) is 0 Å². The number of hydrogen-bond donors (Lipinski definition) is 0. The van der Waals surface area contributed by atoms with Gasteiger partial charge in [-0.1, -0.05) is 28.4 Å². The molecule has 0 atom stereocenters. The van der Waals surface area contributed by atoms with Crippen molar-refractivity contribution >= 4 is 29.1 Å². The lowest BCUT2D eigenvalue weighted by atomic mass is 10.1. The average molecular weight is 383 g/mol. The summed E-state index contributed by atoms with van der Waals surface area (Å²) in [6.07, 6.45) is 3.85. The zero-order valence-corrected chi connectivity index (χ0v) is 15.6. The summed E-state index contributed by atoms with van der Waals surface area (Å²) in [5.41, 5.74) is 1.70. The Morgan fingerprint density at radius 3 is 2.56 bits per heavy atom. The first kappa shape index (κ1) is 18.1. The van der Waals surface area contributed by atoms with Crippen LogP contribution in [0.3, 0.4) is 0 Å². The van der Waals surface area contributed by atoms with Crippen LogP contribution in [0.25, 0.3) is 0 Å². The molecule has 2 heterocycles. The molecule has 0 bridgehead atoms. The van der Waals surface area contributed by atoms with Crippen LogP contribution in [0.4, 0.5) is 0 Å². The molecule has 0 unspecified atom stereocenters. The molecular formula is C18H20Cl2N2O3. The highest BCUT2D eigenvalue weighted by molar-refractivity contribution is 6.37. The second kappa shape index (κ2) is 8.59. The summed E-state index contributed by atoms with van der Waals surface area (Å²) in [5, 5.41) is 4.82. The van der Waals surface area contributed by atoms with Crippen LogP contribution < -0.4 is 4.74 Å². The highest BCUT2D eigenvalue weighted by atomic mass is 35.5. The van der Waals surface area contributed by atoms with E-state index in [2.05, 4.69) is 10.1 Å². The minimum atomic E-state index is 0.470. The van der Waals surface area contributed by atoms with Crippen molar-refractivity contribution < 1.29 is 14.0 Å². The van der Waals surface area contributed by atoms with Gasteiger partial charge in [-0.15, -0.1) is 0 Å². The summed E-state index contributed by atoms with van der Waals surface area (Å²) >= 11 is 12.6. The standard InChI is InChI=1S/C18H20Cl2N2O3/c1-12-9-14(25-22-12)5-3-2-4-7-23-17-15(19)10-13(11-16(17)20)18-21-6-8-24-18/h9-11H,2-8H2,1H3. The third-order valence-electron chi connectivity index (χ3n) is 3.82. The number of unbranched alkanes of at least 4 members (excludes halogenated alkanes) is 2. The SMILES string of the molecule is Cc1cc(CCCCCOc2c(Cl)cc(C3=NCCO3)cc2Cl)on1. The van der Waals surface area contributed by atoms with Gasteiger partial charge < -0.3 is 14.0 Å². The number of ether oxygens (including phenoxy) is 2. The first-order valence-electron chi connectivity index (χ1n) is 8.35. The Balaban J connectivity index is 1.45. The normalized spacial score (nSPS) is 13.6. The molecule has 0 fully saturated rings. The number of nitrogens with zero attached hydrogens (tertiary/aromatic N) is 2. The Kier molecular flexibility index (Phi) is 6.21. The molecule has 0 amide bonds. The first-order valence-corrected chi connectivity index (χ1v) is 9.11. The van der Waals surface area contributed by atoms with Crippen molar-refractivity contribution in [1.29, 1.82) is 0 Å². The van der Waals surface area contributed by atoms with Crippen molar-refractivity contribution in [3.63, 3.8) is 0 Å². The highest BCUT2D eigenvalue weighted by Gasteiger charge is 2.16. The van der Waals surface area contributed by atoms with Crippen LogP contribution >= 0.6 is 23.2 Å². The number of benzene rings is 1. The predicted octanol–water partition coefficient (Wildman–Crippen LogP) is 4.86. The van der Waals surface area contributed by atoms with E-state index in [0.29, 0.717) is 41.5 Å². The van der Waals surface area contributed by atoms with Crippen LogP contribution in [0.1, 0.15) is 36.3 Å². The lowest BCUT2D eigenvalue weighted by Crippen LogP contribution is -2.03. The van der Waals surface area contributed by atoms with Gasteiger partial charge in [-0.3, -0.25) is 0 Å². The number of hydrogen-bond acceptors (Lipinski definition) is 5. The fourth-order valence-corrected chi connectivity index (χ4v) is 3.21. The largest absolute Gasteiger partial charge is 0.490 e. The monoisotopic (exact) mass is 382 g/mol. The molecule has 0 spiro atoms. The van der Waals surface area contributed by atoms with E-state index in [0.717, 1.165) is 42.7 Å². The van der Waals surface area contributed by atoms with E-state index in [1.807, 2.05) is 13.0 Å². The number of rotatable bonds is 8. The van der Waals surface area contributed by atoms with Gasteiger partial charge in [0.25, 0.3) is 0 Å². The molecule has 7 heteroatoms. The average Bonchev–Trinajstić information content (AvgIpc) is 3.24. The van der Waals surface area contributed by atoms with E-state index in [4.69, 9.17) is 37.2 Å². The van der Waals surface area contributed by atoms with Gasteiger partial charge in [0.1, 0.15) is 12.4 Å². The second-order valence-electron chi connectivity index (χ2n) is 5.90. The zero-order chi connectivity index (χ0) is 17.6. The third-order valence-corrected chi connectivity index (χ3v) is 4.38. The molecule has 0 aliphatic carbocycles. The van der Waals surface area contributed by atoms with Gasteiger partial charge in [-0.2, -0.15) is 0 Å². The molecular weight excluding hydrogens is 363 g/mol. The van der Waals surface area contributed by atoms with Gasteiger partial charge in [0.05, 0.1) is 28.9 Å². The third kappa shape index (κ3) is 4.89. The molecule has 134 valence electrons. The van der Waals surface area contributed by atoms with Crippen molar-refractivity contribution in [3.05, 3.63) is 45.3 Å². The van der Waals surface area contributed by atoms with E-state index in [9.17, 15) is 0 Å². The van der Waals surface area contributed by atoms with Gasteiger partial charge >= 0.3 is 0 Å².